The molecule has 3 heterocycles. The Hall–Kier alpha value is -3.56. The van der Waals surface area contributed by atoms with Crippen LogP contribution in [0.15, 0.2) is 59.5 Å². The van der Waals surface area contributed by atoms with Gasteiger partial charge in [-0.1, -0.05) is 29.8 Å². The number of piperazine rings is 1. The highest BCUT2D eigenvalue weighted by molar-refractivity contribution is 6.33. The van der Waals surface area contributed by atoms with Crippen molar-refractivity contribution in [2.24, 2.45) is 0 Å². The predicted molar refractivity (Wildman–Crippen MR) is 129 cm³/mol. The van der Waals surface area contributed by atoms with E-state index in [1.807, 2.05) is 30.0 Å². The summed E-state index contributed by atoms with van der Waals surface area (Å²) in [4.78, 5) is 29.8. The van der Waals surface area contributed by atoms with Crippen LogP contribution in [0.25, 0.3) is 5.69 Å². The third kappa shape index (κ3) is 4.32. The topological polar surface area (TPSA) is 88.9 Å². The minimum absolute atomic E-state index is 0.0996. The van der Waals surface area contributed by atoms with Gasteiger partial charge in [-0.15, -0.1) is 0 Å². The van der Waals surface area contributed by atoms with E-state index >= 15 is 0 Å². The predicted octanol–water partition coefficient (Wildman–Crippen LogP) is 2.76. The van der Waals surface area contributed by atoms with Gasteiger partial charge in [0.1, 0.15) is 5.02 Å². The van der Waals surface area contributed by atoms with Crippen LogP contribution in [-0.4, -0.2) is 59.6 Å². The minimum atomic E-state index is -0.357. The second-order valence-electron chi connectivity index (χ2n) is 8.15. The molecular formula is C24H24ClN5O4. The van der Waals surface area contributed by atoms with Crippen molar-refractivity contribution < 1.29 is 14.3 Å². The van der Waals surface area contributed by atoms with Gasteiger partial charge in [0.2, 0.25) is 12.7 Å². The van der Waals surface area contributed by atoms with Crippen LogP contribution in [0.5, 0.6) is 11.5 Å². The number of benzene rings is 2. The Morgan fingerprint density at radius 2 is 1.79 bits per heavy atom. The van der Waals surface area contributed by atoms with Gasteiger partial charge in [0, 0.05) is 37.9 Å². The summed E-state index contributed by atoms with van der Waals surface area (Å²) in [5, 5.41) is 7.40. The summed E-state index contributed by atoms with van der Waals surface area (Å²) in [7, 11) is 0. The second kappa shape index (κ2) is 9.36. The summed E-state index contributed by atoms with van der Waals surface area (Å²) in [6.07, 6.45) is 1.63. The first-order valence-electron chi connectivity index (χ1n) is 11.0. The Labute approximate surface area is 201 Å². The molecule has 1 aromatic heterocycles. The minimum Gasteiger partial charge on any atom is -0.454 e. The molecule has 0 bridgehead atoms. The van der Waals surface area contributed by atoms with E-state index in [2.05, 4.69) is 15.3 Å². The molecule has 176 valence electrons. The van der Waals surface area contributed by atoms with Gasteiger partial charge < -0.3 is 19.7 Å². The highest BCUT2D eigenvalue weighted by Crippen LogP contribution is 2.34. The molecular weight excluding hydrogens is 458 g/mol. The molecule has 3 aromatic rings. The maximum Gasteiger partial charge on any atom is 0.292 e. The van der Waals surface area contributed by atoms with E-state index in [1.54, 1.807) is 36.5 Å². The van der Waals surface area contributed by atoms with E-state index in [-0.39, 0.29) is 29.3 Å². The van der Waals surface area contributed by atoms with Gasteiger partial charge in [0.05, 0.1) is 23.6 Å². The van der Waals surface area contributed by atoms with Gasteiger partial charge in [-0.3, -0.25) is 14.5 Å². The van der Waals surface area contributed by atoms with E-state index in [0.29, 0.717) is 54.7 Å². The van der Waals surface area contributed by atoms with Crippen molar-refractivity contribution >= 4 is 28.9 Å². The zero-order valence-corrected chi connectivity index (χ0v) is 19.4. The molecule has 9 nitrogen and oxygen atoms in total. The molecule has 1 fully saturated rings. The summed E-state index contributed by atoms with van der Waals surface area (Å²) >= 11 is 6.45. The summed E-state index contributed by atoms with van der Waals surface area (Å²) in [6, 6.07) is 14.2. The van der Waals surface area contributed by atoms with Gasteiger partial charge in [-0.05, 0) is 31.2 Å². The third-order valence-electron chi connectivity index (χ3n) is 6.12. The van der Waals surface area contributed by atoms with Crippen LogP contribution < -0.4 is 25.2 Å². The van der Waals surface area contributed by atoms with Crippen molar-refractivity contribution in [2.75, 3.05) is 43.2 Å². The highest BCUT2D eigenvalue weighted by Gasteiger charge is 2.27. The smallest absolute Gasteiger partial charge is 0.292 e. The number of carbonyl (C=O) groups is 1. The summed E-state index contributed by atoms with van der Waals surface area (Å²) in [6.45, 7) is 4.61. The Balaban J connectivity index is 1.22. The van der Waals surface area contributed by atoms with Gasteiger partial charge in [0.25, 0.3) is 5.56 Å². The molecule has 0 saturated carbocycles. The number of halogens is 1. The van der Waals surface area contributed by atoms with Gasteiger partial charge in [-0.25, -0.2) is 0 Å². The fraction of sp³-hybridized carbons (Fsp3) is 0.292. The van der Waals surface area contributed by atoms with Crippen molar-refractivity contribution in [1.82, 2.24) is 14.7 Å². The fourth-order valence-electron chi connectivity index (χ4n) is 4.13. The van der Waals surface area contributed by atoms with Crippen molar-refractivity contribution in [3.05, 3.63) is 70.1 Å². The number of hydrogen-bond acceptors (Lipinski definition) is 7. The number of hydrogen-bond donors (Lipinski definition) is 1. The number of para-hydroxylation sites is 1. The number of anilines is 2. The number of nitrogens with one attached hydrogen (secondary N) is 1. The zero-order valence-electron chi connectivity index (χ0n) is 18.6. The van der Waals surface area contributed by atoms with Crippen LogP contribution in [0, 0.1) is 0 Å². The first kappa shape index (κ1) is 22.2. The first-order valence-corrected chi connectivity index (χ1v) is 11.4. The molecule has 5 rings (SSSR count). The molecule has 0 unspecified atom stereocenters. The maximum atomic E-state index is 12.8. The van der Waals surface area contributed by atoms with E-state index in [4.69, 9.17) is 21.1 Å². The number of nitrogens with zero attached hydrogens (tertiary/aromatic N) is 4. The zero-order chi connectivity index (χ0) is 23.7. The number of rotatable bonds is 5. The lowest BCUT2D eigenvalue weighted by atomic mass is 10.2. The Morgan fingerprint density at radius 1 is 1.06 bits per heavy atom. The molecule has 1 amide bonds. The lowest BCUT2D eigenvalue weighted by Crippen LogP contribution is -2.53. The molecule has 1 saturated heterocycles. The summed E-state index contributed by atoms with van der Waals surface area (Å²) in [5.74, 6) is 1.20. The lowest BCUT2D eigenvalue weighted by Gasteiger charge is -2.38. The van der Waals surface area contributed by atoms with Crippen molar-refractivity contribution in [3.8, 4) is 17.2 Å². The fourth-order valence-corrected chi connectivity index (χ4v) is 4.38. The van der Waals surface area contributed by atoms with Crippen LogP contribution in [0.2, 0.25) is 5.02 Å². The Bertz CT molecular complexity index is 1260. The summed E-state index contributed by atoms with van der Waals surface area (Å²) in [5.41, 5.74) is 1.57. The normalized spacial score (nSPS) is 16.4. The number of carbonyl (C=O) groups excluding carboxylic acids is 1. The molecule has 0 spiro atoms. The average Bonchev–Trinajstić information content (AvgIpc) is 3.34. The molecule has 10 heteroatoms. The number of fused-ring (bicyclic) bond motifs is 1. The summed E-state index contributed by atoms with van der Waals surface area (Å²) < 4.78 is 12.0. The molecule has 34 heavy (non-hydrogen) atoms. The Kier molecular flexibility index (Phi) is 6.12. The van der Waals surface area contributed by atoms with Crippen LogP contribution in [0.4, 0.5) is 11.4 Å². The molecule has 2 aliphatic rings. The molecule has 0 radical (unpaired) electrons. The van der Waals surface area contributed by atoms with Crippen LogP contribution >= 0.6 is 11.6 Å². The van der Waals surface area contributed by atoms with E-state index in [0.717, 1.165) is 0 Å². The van der Waals surface area contributed by atoms with Crippen molar-refractivity contribution in [2.45, 2.75) is 13.0 Å². The maximum absolute atomic E-state index is 12.8. The SMILES string of the molecule is C[C@H](C(=O)Nc1ccc2c(c1)OCO2)N1CCN(c2cnn(-c3ccccc3)c(=O)c2Cl)CC1. The highest BCUT2D eigenvalue weighted by atomic mass is 35.5. The van der Waals surface area contributed by atoms with Gasteiger partial charge in [-0.2, -0.15) is 9.78 Å². The monoisotopic (exact) mass is 481 g/mol. The van der Waals surface area contributed by atoms with Crippen LogP contribution in [-0.2, 0) is 4.79 Å². The average molecular weight is 482 g/mol. The van der Waals surface area contributed by atoms with E-state index < -0.39 is 0 Å². The van der Waals surface area contributed by atoms with E-state index in [9.17, 15) is 9.59 Å². The number of aromatic nitrogens is 2. The number of ether oxygens (including phenoxy) is 2. The lowest BCUT2D eigenvalue weighted by molar-refractivity contribution is -0.120. The first-order chi connectivity index (χ1) is 16.5. The van der Waals surface area contributed by atoms with Gasteiger partial charge >= 0.3 is 0 Å². The number of amides is 1. The molecule has 1 N–H and O–H groups in total. The molecule has 2 aromatic carbocycles. The van der Waals surface area contributed by atoms with E-state index in [1.165, 1.54) is 4.68 Å². The van der Waals surface area contributed by atoms with Crippen LogP contribution in [0.3, 0.4) is 0 Å². The van der Waals surface area contributed by atoms with Crippen molar-refractivity contribution in [3.63, 3.8) is 0 Å². The van der Waals surface area contributed by atoms with Crippen molar-refractivity contribution in [1.29, 1.82) is 0 Å². The Morgan fingerprint density at radius 3 is 2.56 bits per heavy atom. The second-order valence-corrected chi connectivity index (χ2v) is 8.53. The van der Waals surface area contributed by atoms with Gasteiger partial charge in [0.15, 0.2) is 11.5 Å². The molecule has 2 aliphatic heterocycles. The molecule has 0 aliphatic carbocycles. The molecule has 1 atom stereocenters. The third-order valence-corrected chi connectivity index (χ3v) is 6.48. The largest absolute Gasteiger partial charge is 0.454 e. The standard InChI is InChI=1S/C24H24ClN5O4/c1-16(23(31)27-17-7-8-20-21(13-17)34-15-33-20)28-9-11-29(12-10-28)19-14-26-30(24(32)22(19)25)18-5-3-2-4-6-18/h2-8,13-14,16H,9-12,15H2,1H3,(H,27,31)/t16-/m1/s1. The van der Waals surface area contributed by atoms with Crippen LogP contribution in [0.1, 0.15) is 6.92 Å². The quantitative estimate of drug-likeness (QED) is 0.599.